The Bertz CT molecular complexity index is 2110. The number of nitrogens with one attached hydrogen (secondary N) is 3. The molecule has 49 heavy (non-hydrogen) atoms. The first-order chi connectivity index (χ1) is 24.0. The van der Waals surface area contributed by atoms with Gasteiger partial charge in [-0.05, 0) is 65.6 Å². The number of methoxy groups -OCH3 is 1. The molecule has 0 aliphatic rings. The molecule has 3 N–H and O–H groups in total. The molecular formula is C41H33N3O4S. The van der Waals surface area contributed by atoms with Gasteiger partial charge in [0.15, 0.2) is 0 Å². The van der Waals surface area contributed by atoms with Gasteiger partial charge < -0.3 is 20.7 Å². The number of thioether (sulfide) groups is 1. The van der Waals surface area contributed by atoms with Crippen molar-refractivity contribution in [2.75, 3.05) is 17.7 Å². The minimum Gasteiger partial charge on any atom is -0.496 e. The molecule has 0 bridgehead atoms. The molecule has 0 radical (unpaired) electrons. The van der Waals surface area contributed by atoms with E-state index in [0.29, 0.717) is 22.6 Å². The lowest BCUT2D eigenvalue weighted by molar-refractivity contribution is -0.116. The fraction of sp³-hybridized carbons (Fsp3) is 0.0488. The maximum absolute atomic E-state index is 13.8. The van der Waals surface area contributed by atoms with Gasteiger partial charge in [-0.25, -0.2) is 0 Å². The highest BCUT2D eigenvalue weighted by Gasteiger charge is 2.23. The van der Waals surface area contributed by atoms with E-state index in [1.807, 2.05) is 103 Å². The van der Waals surface area contributed by atoms with Crippen molar-refractivity contribution in [3.63, 3.8) is 0 Å². The maximum Gasteiger partial charge on any atom is 0.272 e. The maximum atomic E-state index is 13.8. The SMILES string of the molecule is COc1ccccc1/C=C(\NC(=O)c1ccccc1)C(=O)Nc1ccc(SC(C(=O)Nc2cccc3ccccc23)c2ccccc2)cc1. The van der Waals surface area contributed by atoms with Crippen molar-refractivity contribution in [2.45, 2.75) is 10.1 Å². The van der Waals surface area contributed by atoms with Gasteiger partial charge in [0.1, 0.15) is 16.7 Å². The predicted molar refractivity (Wildman–Crippen MR) is 198 cm³/mol. The van der Waals surface area contributed by atoms with Crippen LogP contribution in [0.4, 0.5) is 11.4 Å². The zero-order valence-electron chi connectivity index (χ0n) is 26.6. The molecule has 6 rings (SSSR count). The fourth-order valence-electron chi connectivity index (χ4n) is 5.27. The number of anilines is 2. The number of hydrogen-bond acceptors (Lipinski definition) is 5. The van der Waals surface area contributed by atoms with Gasteiger partial charge in [-0.15, -0.1) is 11.8 Å². The summed E-state index contributed by atoms with van der Waals surface area (Å²) in [5.41, 5.74) is 3.22. The van der Waals surface area contributed by atoms with Crippen LogP contribution in [0, 0.1) is 0 Å². The van der Waals surface area contributed by atoms with Gasteiger partial charge in [-0.1, -0.05) is 103 Å². The summed E-state index contributed by atoms with van der Waals surface area (Å²) in [5.74, 6) is -0.518. The number of fused-ring (bicyclic) bond motifs is 1. The lowest BCUT2D eigenvalue weighted by atomic mass is 10.1. The van der Waals surface area contributed by atoms with Crippen molar-refractivity contribution in [1.82, 2.24) is 5.32 Å². The second-order valence-corrected chi connectivity index (χ2v) is 12.2. The smallest absolute Gasteiger partial charge is 0.272 e. The first-order valence-corrected chi connectivity index (χ1v) is 16.5. The average molecular weight is 664 g/mol. The molecule has 0 saturated carbocycles. The van der Waals surface area contributed by atoms with Crippen LogP contribution in [0.3, 0.4) is 0 Å². The fourth-order valence-corrected chi connectivity index (χ4v) is 6.29. The summed E-state index contributed by atoms with van der Waals surface area (Å²) in [5, 5.41) is 10.3. The number of carbonyl (C=O) groups is 3. The second-order valence-electron chi connectivity index (χ2n) is 11.0. The van der Waals surface area contributed by atoms with Crippen molar-refractivity contribution in [3.05, 3.63) is 174 Å². The molecular weight excluding hydrogens is 631 g/mol. The largest absolute Gasteiger partial charge is 0.496 e. The Morgan fingerprint density at radius 2 is 1.33 bits per heavy atom. The molecule has 0 aliphatic heterocycles. The molecule has 1 unspecified atom stereocenters. The summed E-state index contributed by atoms with van der Waals surface area (Å²) in [6.07, 6.45) is 1.58. The van der Waals surface area contributed by atoms with Crippen molar-refractivity contribution in [2.24, 2.45) is 0 Å². The number of amides is 3. The third-order valence-corrected chi connectivity index (χ3v) is 8.99. The van der Waals surface area contributed by atoms with E-state index in [-0.39, 0.29) is 11.6 Å². The third-order valence-electron chi connectivity index (χ3n) is 7.72. The van der Waals surface area contributed by atoms with E-state index in [1.54, 1.807) is 61.7 Å². The van der Waals surface area contributed by atoms with E-state index < -0.39 is 17.1 Å². The second kappa shape index (κ2) is 15.6. The summed E-state index contributed by atoms with van der Waals surface area (Å²) < 4.78 is 5.46. The van der Waals surface area contributed by atoms with Gasteiger partial charge in [0, 0.05) is 32.8 Å². The number of ether oxygens (including phenoxy) is 1. The predicted octanol–water partition coefficient (Wildman–Crippen LogP) is 8.73. The Morgan fingerprint density at radius 1 is 0.673 bits per heavy atom. The topological polar surface area (TPSA) is 96.5 Å². The summed E-state index contributed by atoms with van der Waals surface area (Å²) >= 11 is 1.41. The van der Waals surface area contributed by atoms with Crippen LogP contribution in [0.1, 0.15) is 26.7 Å². The number of benzene rings is 6. The summed E-state index contributed by atoms with van der Waals surface area (Å²) in [4.78, 5) is 41.3. The Balaban J connectivity index is 1.21. The molecule has 6 aromatic carbocycles. The summed E-state index contributed by atoms with van der Waals surface area (Å²) in [7, 11) is 1.55. The minimum atomic E-state index is -0.538. The first-order valence-electron chi connectivity index (χ1n) is 15.6. The monoisotopic (exact) mass is 663 g/mol. The standard InChI is InChI=1S/C41H33N3O4S/c1-48-37-22-11-9-18-31(37)27-36(44-39(45)30-16-6-3-7-17-30)40(46)42-32-23-25-33(26-24-32)49-38(29-14-4-2-5-15-29)41(47)43-35-21-12-19-28-13-8-10-20-34(28)35/h2-27,38H,1H3,(H,42,46)(H,43,47)(H,44,45)/b36-27-. The Hall–Kier alpha value is -6.12. The normalized spacial score (nSPS) is 11.7. The van der Waals surface area contributed by atoms with Crippen LogP contribution < -0.4 is 20.7 Å². The molecule has 0 heterocycles. The van der Waals surface area contributed by atoms with E-state index in [1.165, 1.54) is 11.8 Å². The van der Waals surface area contributed by atoms with Gasteiger partial charge in [-0.2, -0.15) is 0 Å². The minimum absolute atomic E-state index is 0.0473. The van der Waals surface area contributed by atoms with E-state index in [9.17, 15) is 14.4 Å². The molecule has 242 valence electrons. The van der Waals surface area contributed by atoms with Gasteiger partial charge in [-0.3, -0.25) is 14.4 Å². The van der Waals surface area contributed by atoms with Crippen molar-refractivity contribution < 1.29 is 19.1 Å². The average Bonchev–Trinajstić information content (AvgIpc) is 3.15. The zero-order valence-corrected chi connectivity index (χ0v) is 27.4. The molecule has 0 spiro atoms. The summed E-state index contributed by atoms with van der Waals surface area (Å²) in [6.45, 7) is 0. The van der Waals surface area contributed by atoms with Crippen molar-refractivity contribution in [1.29, 1.82) is 0 Å². The number of rotatable bonds is 11. The van der Waals surface area contributed by atoms with Crippen LogP contribution in [0.15, 0.2) is 162 Å². The van der Waals surface area contributed by atoms with Gasteiger partial charge in [0.2, 0.25) is 5.91 Å². The highest BCUT2D eigenvalue weighted by Crippen LogP contribution is 2.37. The first kappa shape index (κ1) is 32.8. The molecule has 0 aliphatic carbocycles. The quantitative estimate of drug-likeness (QED) is 0.0952. The van der Waals surface area contributed by atoms with Crippen molar-refractivity contribution in [3.8, 4) is 5.75 Å². The van der Waals surface area contributed by atoms with Crippen LogP contribution in [-0.2, 0) is 9.59 Å². The number of carbonyl (C=O) groups excluding carboxylic acids is 3. The van der Waals surface area contributed by atoms with E-state index in [0.717, 1.165) is 26.9 Å². The molecule has 7 nitrogen and oxygen atoms in total. The molecule has 8 heteroatoms. The van der Waals surface area contributed by atoms with Gasteiger partial charge in [0.05, 0.1) is 7.11 Å². The van der Waals surface area contributed by atoms with E-state index in [4.69, 9.17) is 4.74 Å². The highest BCUT2D eigenvalue weighted by atomic mass is 32.2. The number of hydrogen-bond donors (Lipinski definition) is 3. The van der Waals surface area contributed by atoms with E-state index in [2.05, 4.69) is 16.0 Å². The molecule has 0 saturated heterocycles. The number of para-hydroxylation sites is 1. The van der Waals surface area contributed by atoms with Crippen LogP contribution in [0.25, 0.3) is 16.8 Å². The Kier molecular flexibility index (Phi) is 10.5. The Labute approximate surface area is 289 Å². The molecule has 0 aromatic heterocycles. The summed E-state index contributed by atoms with van der Waals surface area (Å²) in [6, 6.07) is 46.6. The van der Waals surface area contributed by atoms with Crippen LogP contribution in [0.2, 0.25) is 0 Å². The van der Waals surface area contributed by atoms with Crippen LogP contribution in [0.5, 0.6) is 5.75 Å². The highest BCUT2D eigenvalue weighted by molar-refractivity contribution is 8.00. The van der Waals surface area contributed by atoms with Crippen LogP contribution in [-0.4, -0.2) is 24.8 Å². The lowest BCUT2D eigenvalue weighted by Gasteiger charge is -2.18. The molecule has 0 fully saturated rings. The van der Waals surface area contributed by atoms with Crippen molar-refractivity contribution >= 4 is 57.7 Å². The van der Waals surface area contributed by atoms with E-state index >= 15 is 0 Å². The molecule has 6 aromatic rings. The van der Waals surface area contributed by atoms with Gasteiger partial charge in [0.25, 0.3) is 11.8 Å². The third kappa shape index (κ3) is 8.25. The molecule has 3 amide bonds. The van der Waals surface area contributed by atoms with Gasteiger partial charge >= 0.3 is 0 Å². The molecule has 1 atom stereocenters. The lowest BCUT2D eigenvalue weighted by Crippen LogP contribution is -2.30. The zero-order chi connectivity index (χ0) is 34.0. The Morgan fingerprint density at radius 3 is 2.08 bits per heavy atom. The van der Waals surface area contributed by atoms with Crippen LogP contribution >= 0.6 is 11.8 Å².